The molecule has 17 heavy (non-hydrogen) atoms. The molecular weight excluding hydrogens is 208 g/mol. The lowest BCUT2D eigenvalue weighted by molar-refractivity contribution is 0.252. The van der Waals surface area contributed by atoms with Gasteiger partial charge in [0, 0.05) is 6.04 Å². The summed E-state index contributed by atoms with van der Waals surface area (Å²) in [5.41, 5.74) is -0.154. The molecule has 1 fully saturated rings. The van der Waals surface area contributed by atoms with Gasteiger partial charge in [-0.05, 0) is 52.0 Å². The Morgan fingerprint density at radius 2 is 2.00 bits per heavy atom. The quantitative estimate of drug-likeness (QED) is 0.710. The van der Waals surface area contributed by atoms with Crippen molar-refractivity contribution in [2.75, 3.05) is 6.54 Å². The molecule has 1 N–H and O–H groups in total. The smallest absolute Gasteiger partial charge is 0.0683 e. The molecular formula is C15H28N2. The van der Waals surface area contributed by atoms with E-state index in [0.717, 1.165) is 31.3 Å². The third kappa shape index (κ3) is 5.08. The maximum Gasteiger partial charge on any atom is 0.0683 e. The minimum Gasteiger partial charge on any atom is -0.314 e. The SMILES string of the molecule is CCC1CCCCC1NCCCC(C)(C)C#N. The summed E-state index contributed by atoms with van der Waals surface area (Å²) in [5.74, 6) is 0.882. The number of nitrogens with one attached hydrogen (secondary N) is 1. The zero-order chi connectivity index (χ0) is 12.7. The van der Waals surface area contributed by atoms with Crippen LogP contribution >= 0.6 is 0 Å². The van der Waals surface area contributed by atoms with Gasteiger partial charge in [0.1, 0.15) is 0 Å². The van der Waals surface area contributed by atoms with Gasteiger partial charge in [-0.1, -0.05) is 26.2 Å². The van der Waals surface area contributed by atoms with Crippen LogP contribution in [0.3, 0.4) is 0 Å². The summed E-state index contributed by atoms with van der Waals surface area (Å²) >= 11 is 0. The second kappa shape index (κ2) is 7.01. The monoisotopic (exact) mass is 236 g/mol. The van der Waals surface area contributed by atoms with Crippen LogP contribution in [-0.4, -0.2) is 12.6 Å². The van der Waals surface area contributed by atoms with Gasteiger partial charge in [-0.3, -0.25) is 0 Å². The summed E-state index contributed by atoms with van der Waals surface area (Å²) in [6, 6.07) is 3.11. The first-order valence-electron chi connectivity index (χ1n) is 7.23. The largest absolute Gasteiger partial charge is 0.314 e. The molecule has 0 bridgehead atoms. The molecule has 0 aromatic carbocycles. The zero-order valence-corrected chi connectivity index (χ0v) is 11.8. The summed E-state index contributed by atoms with van der Waals surface area (Å²) < 4.78 is 0. The third-order valence-electron chi connectivity index (χ3n) is 4.12. The van der Waals surface area contributed by atoms with E-state index < -0.39 is 0 Å². The van der Waals surface area contributed by atoms with E-state index in [1.807, 2.05) is 13.8 Å². The second-order valence-corrected chi connectivity index (χ2v) is 6.11. The maximum atomic E-state index is 8.95. The Balaban J connectivity index is 2.19. The molecule has 2 atom stereocenters. The molecule has 0 radical (unpaired) electrons. The van der Waals surface area contributed by atoms with Gasteiger partial charge in [-0.2, -0.15) is 5.26 Å². The molecule has 0 amide bonds. The lowest BCUT2D eigenvalue weighted by atomic mass is 9.82. The zero-order valence-electron chi connectivity index (χ0n) is 11.8. The van der Waals surface area contributed by atoms with Crippen LogP contribution in [0.4, 0.5) is 0 Å². The van der Waals surface area contributed by atoms with E-state index in [0.29, 0.717) is 0 Å². The molecule has 0 heterocycles. The third-order valence-corrected chi connectivity index (χ3v) is 4.12. The van der Waals surface area contributed by atoms with E-state index in [1.54, 1.807) is 0 Å². The van der Waals surface area contributed by atoms with Crippen LogP contribution in [0.15, 0.2) is 0 Å². The number of nitrogens with zero attached hydrogens (tertiary/aromatic N) is 1. The van der Waals surface area contributed by atoms with Crippen LogP contribution < -0.4 is 5.32 Å². The second-order valence-electron chi connectivity index (χ2n) is 6.11. The van der Waals surface area contributed by atoms with E-state index in [2.05, 4.69) is 18.3 Å². The van der Waals surface area contributed by atoms with Crippen molar-refractivity contribution >= 4 is 0 Å². The van der Waals surface area contributed by atoms with Gasteiger partial charge < -0.3 is 5.32 Å². The normalized spacial score (nSPS) is 25.5. The number of rotatable bonds is 6. The van der Waals surface area contributed by atoms with Crippen LogP contribution in [0.1, 0.15) is 65.7 Å². The first-order valence-corrected chi connectivity index (χ1v) is 7.23. The van der Waals surface area contributed by atoms with E-state index in [9.17, 15) is 0 Å². The Morgan fingerprint density at radius 3 is 2.65 bits per heavy atom. The van der Waals surface area contributed by atoms with Crippen molar-refractivity contribution in [2.24, 2.45) is 11.3 Å². The van der Waals surface area contributed by atoms with Crippen molar-refractivity contribution in [3.05, 3.63) is 0 Å². The first kappa shape index (κ1) is 14.5. The summed E-state index contributed by atoms with van der Waals surface area (Å²) in [6.45, 7) is 7.45. The molecule has 2 unspecified atom stereocenters. The van der Waals surface area contributed by atoms with Gasteiger partial charge in [0.15, 0.2) is 0 Å². The highest BCUT2D eigenvalue weighted by Crippen LogP contribution is 2.27. The molecule has 0 aromatic rings. The first-order chi connectivity index (χ1) is 8.09. The van der Waals surface area contributed by atoms with E-state index >= 15 is 0 Å². The predicted molar refractivity (Wildman–Crippen MR) is 72.7 cm³/mol. The van der Waals surface area contributed by atoms with Crippen molar-refractivity contribution in [3.8, 4) is 6.07 Å². The van der Waals surface area contributed by atoms with Crippen molar-refractivity contribution in [1.82, 2.24) is 5.32 Å². The highest BCUT2D eigenvalue weighted by atomic mass is 14.9. The van der Waals surface area contributed by atoms with E-state index in [1.165, 1.54) is 32.1 Å². The fourth-order valence-electron chi connectivity index (χ4n) is 2.84. The maximum absolute atomic E-state index is 8.95. The number of nitriles is 1. The Kier molecular flexibility index (Phi) is 5.98. The molecule has 0 saturated heterocycles. The summed E-state index contributed by atoms with van der Waals surface area (Å²) in [5, 5.41) is 12.7. The Bertz CT molecular complexity index is 252. The highest BCUT2D eigenvalue weighted by molar-refractivity contribution is 4.91. The topological polar surface area (TPSA) is 35.8 Å². The molecule has 1 aliphatic rings. The number of hydrogen-bond donors (Lipinski definition) is 1. The van der Waals surface area contributed by atoms with Crippen LogP contribution in [0.2, 0.25) is 0 Å². The van der Waals surface area contributed by atoms with Gasteiger partial charge >= 0.3 is 0 Å². The van der Waals surface area contributed by atoms with Crippen LogP contribution in [0, 0.1) is 22.7 Å². The fourth-order valence-corrected chi connectivity index (χ4v) is 2.84. The molecule has 0 aromatic heterocycles. The Labute approximate surface area is 107 Å². The van der Waals surface area contributed by atoms with Gasteiger partial charge in [0.2, 0.25) is 0 Å². The molecule has 2 nitrogen and oxygen atoms in total. The average molecular weight is 236 g/mol. The standard InChI is InChI=1S/C15H28N2/c1-4-13-8-5-6-9-14(13)17-11-7-10-15(2,3)12-16/h13-14,17H,4-11H2,1-3H3. The highest BCUT2D eigenvalue weighted by Gasteiger charge is 2.23. The van der Waals surface area contributed by atoms with Crippen LogP contribution in [-0.2, 0) is 0 Å². The van der Waals surface area contributed by atoms with Crippen molar-refractivity contribution in [1.29, 1.82) is 5.26 Å². The lowest BCUT2D eigenvalue weighted by Crippen LogP contribution is -2.39. The Morgan fingerprint density at radius 1 is 1.29 bits per heavy atom. The van der Waals surface area contributed by atoms with E-state index in [-0.39, 0.29) is 5.41 Å². The van der Waals surface area contributed by atoms with E-state index in [4.69, 9.17) is 5.26 Å². The van der Waals surface area contributed by atoms with Crippen LogP contribution in [0.25, 0.3) is 0 Å². The van der Waals surface area contributed by atoms with Crippen molar-refractivity contribution < 1.29 is 0 Å². The fraction of sp³-hybridized carbons (Fsp3) is 0.933. The molecule has 1 rings (SSSR count). The van der Waals surface area contributed by atoms with Crippen LogP contribution in [0.5, 0.6) is 0 Å². The average Bonchev–Trinajstić information content (AvgIpc) is 2.35. The van der Waals surface area contributed by atoms with Gasteiger partial charge in [0.25, 0.3) is 0 Å². The minimum absolute atomic E-state index is 0.154. The summed E-state index contributed by atoms with van der Waals surface area (Å²) in [4.78, 5) is 0. The summed E-state index contributed by atoms with van der Waals surface area (Å²) in [7, 11) is 0. The summed E-state index contributed by atoms with van der Waals surface area (Å²) in [6.07, 6.45) is 8.98. The predicted octanol–water partition coefficient (Wildman–Crippen LogP) is 3.87. The Hall–Kier alpha value is -0.550. The van der Waals surface area contributed by atoms with Gasteiger partial charge in [0.05, 0.1) is 11.5 Å². The van der Waals surface area contributed by atoms with Crippen molar-refractivity contribution in [2.45, 2.75) is 71.8 Å². The van der Waals surface area contributed by atoms with Gasteiger partial charge in [-0.25, -0.2) is 0 Å². The minimum atomic E-state index is -0.154. The molecule has 98 valence electrons. The molecule has 1 aliphatic carbocycles. The lowest BCUT2D eigenvalue weighted by Gasteiger charge is -2.32. The molecule has 2 heteroatoms. The van der Waals surface area contributed by atoms with Gasteiger partial charge in [-0.15, -0.1) is 0 Å². The van der Waals surface area contributed by atoms with Crippen molar-refractivity contribution in [3.63, 3.8) is 0 Å². The molecule has 1 saturated carbocycles. The number of hydrogen-bond acceptors (Lipinski definition) is 2. The molecule has 0 spiro atoms. The molecule has 0 aliphatic heterocycles.